The van der Waals surface area contributed by atoms with Crippen molar-refractivity contribution in [3.05, 3.63) is 131 Å². The zero-order valence-electron chi connectivity index (χ0n) is 37.6. The Morgan fingerprint density at radius 3 is 2.16 bits per heavy atom. The minimum absolute atomic E-state index is 0.0352. The summed E-state index contributed by atoms with van der Waals surface area (Å²) in [5.41, 5.74) is 8.51. The molecule has 3 aromatic heterocycles. The summed E-state index contributed by atoms with van der Waals surface area (Å²) in [5.74, 6) is -0.540. The Labute approximate surface area is 380 Å². The van der Waals surface area contributed by atoms with Gasteiger partial charge in [0.25, 0.3) is 5.91 Å². The van der Waals surface area contributed by atoms with Gasteiger partial charge in [-0.15, -0.1) is 11.3 Å². The summed E-state index contributed by atoms with van der Waals surface area (Å²) >= 11 is 1.71. The first-order valence-electron chi connectivity index (χ1n) is 22.8. The van der Waals surface area contributed by atoms with E-state index in [9.17, 15) is 19.5 Å². The molecule has 3 heterocycles. The van der Waals surface area contributed by atoms with Gasteiger partial charge in [-0.2, -0.15) is 9.61 Å². The lowest BCUT2D eigenvalue weighted by molar-refractivity contribution is -0.135. The molecule has 8 rings (SSSR count). The second kappa shape index (κ2) is 19.6. The molecule has 0 bridgehead atoms. The molecule has 2 saturated carbocycles. The Bertz CT molecular complexity index is 2560. The first-order valence-corrected chi connectivity index (χ1v) is 23.7. The van der Waals surface area contributed by atoms with Crippen LogP contribution in [-0.4, -0.2) is 61.5 Å². The SMILES string of the molecule is CCCc1cc(N[C@@H]2CC[C@@H](NC(=O)c3ccc(-c4ccc(CN[C@H](C(=O)C5C[C@H](O)C[C@H]5C(=O)NCc5ccc(-c6sccc6C)cc5)C(C)(C)C)cc4)cc3)C2)n2nccc2n1. The Morgan fingerprint density at radius 2 is 1.48 bits per heavy atom. The van der Waals surface area contributed by atoms with Crippen LogP contribution >= 0.6 is 11.3 Å². The number of hydrogen-bond acceptors (Lipinski definition) is 9. The predicted molar refractivity (Wildman–Crippen MR) is 255 cm³/mol. The molecule has 334 valence electrons. The van der Waals surface area contributed by atoms with Crippen molar-refractivity contribution in [2.75, 3.05) is 5.32 Å². The van der Waals surface area contributed by atoms with Gasteiger partial charge in [-0.05, 0) is 108 Å². The van der Waals surface area contributed by atoms with Crippen molar-refractivity contribution in [1.29, 1.82) is 0 Å². The van der Waals surface area contributed by atoms with Crippen molar-refractivity contribution >= 4 is 40.4 Å². The summed E-state index contributed by atoms with van der Waals surface area (Å²) in [7, 11) is 0. The van der Waals surface area contributed by atoms with Crippen molar-refractivity contribution in [2.24, 2.45) is 17.3 Å². The second-order valence-corrected chi connectivity index (χ2v) is 19.8. The lowest BCUT2D eigenvalue weighted by atomic mass is 9.77. The fraction of sp³-hybridized carbons (Fsp3) is 0.404. The molecule has 3 aromatic carbocycles. The van der Waals surface area contributed by atoms with E-state index in [0.717, 1.165) is 77.1 Å². The van der Waals surface area contributed by atoms with E-state index in [1.54, 1.807) is 17.5 Å². The number of anilines is 1. The summed E-state index contributed by atoms with van der Waals surface area (Å²) < 4.78 is 1.85. The number of carbonyl (C=O) groups excluding carboxylic acids is 3. The third kappa shape index (κ3) is 10.5. The van der Waals surface area contributed by atoms with Crippen LogP contribution in [0.4, 0.5) is 5.82 Å². The van der Waals surface area contributed by atoms with Gasteiger partial charge in [-0.25, -0.2) is 4.98 Å². The largest absolute Gasteiger partial charge is 0.393 e. The number of nitrogens with one attached hydrogen (secondary N) is 4. The Kier molecular flexibility index (Phi) is 13.7. The van der Waals surface area contributed by atoms with Crippen LogP contribution in [0.25, 0.3) is 27.2 Å². The second-order valence-electron chi connectivity index (χ2n) is 18.9. The number of nitrogens with zero attached hydrogens (tertiary/aromatic N) is 3. The van der Waals surface area contributed by atoms with E-state index in [4.69, 9.17) is 4.98 Å². The lowest BCUT2D eigenvalue weighted by Crippen LogP contribution is -2.50. The average molecular weight is 880 g/mol. The fourth-order valence-corrected chi connectivity index (χ4v) is 10.4. The molecular formula is C52H61N7O4S. The number of fused-ring (bicyclic) bond motifs is 1. The minimum atomic E-state index is -0.704. The van der Waals surface area contributed by atoms with Gasteiger partial charge < -0.3 is 26.4 Å². The smallest absolute Gasteiger partial charge is 0.251 e. The molecule has 0 radical (unpaired) electrons. The third-order valence-corrected chi connectivity index (χ3v) is 14.0. The number of ketones is 1. The molecule has 64 heavy (non-hydrogen) atoms. The van der Waals surface area contributed by atoms with Gasteiger partial charge in [0.1, 0.15) is 5.82 Å². The van der Waals surface area contributed by atoms with Crippen LogP contribution in [0.2, 0.25) is 0 Å². The van der Waals surface area contributed by atoms with E-state index in [2.05, 4.69) is 94.1 Å². The molecule has 5 N–H and O–H groups in total. The average Bonchev–Trinajstić information content (AvgIpc) is 4.11. The maximum absolute atomic E-state index is 14.3. The first kappa shape index (κ1) is 44.9. The van der Waals surface area contributed by atoms with Crippen LogP contribution in [0.1, 0.15) is 99.0 Å². The quantitative estimate of drug-likeness (QED) is 0.0648. The molecule has 0 aliphatic heterocycles. The topological polar surface area (TPSA) is 150 Å². The summed E-state index contributed by atoms with van der Waals surface area (Å²) in [6, 6.07) is 30.1. The molecule has 2 aliphatic carbocycles. The minimum Gasteiger partial charge on any atom is -0.393 e. The van der Waals surface area contributed by atoms with E-state index >= 15 is 0 Å². The number of carbonyl (C=O) groups is 3. The zero-order chi connectivity index (χ0) is 45.0. The molecule has 2 fully saturated rings. The highest BCUT2D eigenvalue weighted by atomic mass is 32.1. The van der Waals surface area contributed by atoms with E-state index in [1.165, 1.54) is 10.4 Å². The third-order valence-electron chi connectivity index (χ3n) is 12.9. The van der Waals surface area contributed by atoms with Gasteiger partial charge in [-0.3, -0.25) is 14.4 Å². The van der Waals surface area contributed by atoms with Crippen LogP contribution in [0.15, 0.2) is 103 Å². The Balaban J connectivity index is 0.827. The van der Waals surface area contributed by atoms with E-state index < -0.39 is 29.4 Å². The van der Waals surface area contributed by atoms with Gasteiger partial charge in [0.15, 0.2) is 11.4 Å². The van der Waals surface area contributed by atoms with Crippen molar-refractivity contribution in [3.63, 3.8) is 0 Å². The van der Waals surface area contributed by atoms with Gasteiger partial charge in [-0.1, -0.05) is 94.8 Å². The van der Waals surface area contributed by atoms with Crippen LogP contribution < -0.4 is 21.3 Å². The summed E-state index contributed by atoms with van der Waals surface area (Å²) in [5, 5.41) is 30.8. The molecule has 2 aliphatic rings. The van der Waals surface area contributed by atoms with Gasteiger partial charge >= 0.3 is 0 Å². The van der Waals surface area contributed by atoms with Crippen LogP contribution in [0.5, 0.6) is 0 Å². The molecule has 1 unspecified atom stereocenters. The zero-order valence-corrected chi connectivity index (χ0v) is 38.4. The first-order chi connectivity index (χ1) is 30.8. The van der Waals surface area contributed by atoms with E-state index in [1.807, 2.05) is 67.8 Å². The lowest BCUT2D eigenvalue weighted by Gasteiger charge is -2.33. The molecule has 0 saturated heterocycles. The van der Waals surface area contributed by atoms with Crippen molar-refractivity contribution < 1.29 is 19.5 Å². The Morgan fingerprint density at radius 1 is 0.828 bits per heavy atom. The highest BCUT2D eigenvalue weighted by molar-refractivity contribution is 7.13. The number of benzene rings is 3. The molecule has 6 atom stereocenters. The van der Waals surface area contributed by atoms with Crippen molar-refractivity contribution in [1.82, 2.24) is 30.5 Å². The van der Waals surface area contributed by atoms with E-state index in [-0.39, 0.29) is 42.5 Å². The molecule has 12 heteroatoms. The van der Waals surface area contributed by atoms with Crippen LogP contribution in [-0.2, 0) is 29.1 Å². The van der Waals surface area contributed by atoms with Crippen LogP contribution in [0.3, 0.4) is 0 Å². The predicted octanol–water partition coefficient (Wildman–Crippen LogP) is 8.93. The number of aryl methyl sites for hydroxylation is 2. The summed E-state index contributed by atoms with van der Waals surface area (Å²) in [6.45, 7) is 11.2. The molecule has 11 nitrogen and oxygen atoms in total. The number of thiophene rings is 1. The molecule has 2 amide bonds. The van der Waals surface area contributed by atoms with Gasteiger partial charge in [0, 0.05) is 59.4 Å². The fourth-order valence-electron chi connectivity index (χ4n) is 9.45. The molecule has 6 aromatic rings. The summed E-state index contributed by atoms with van der Waals surface area (Å²) in [4.78, 5) is 47.2. The number of aliphatic hydroxyl groups excluding tert-OH is 1. The number of hydrogen-bond donors (Lipinski definition) is 5. The number of aliphatic hydroxyl groups is 1. The number of amides is 2. The Hall–Kier alpha value is -5.69. The van der Waals surface area contributed by atoms with Crippen molar-refractivity contribution in [3.8, 4) is 21.6 Å². The summed E-state index contributed by atoms with van der Waals surface area (Å²) in [6.07, 6.45) is 6.23. The maximum Gasteiger partial charge on any atom is 0.251 e. The highest BCUT2D eigenvalue weighted by Gasteiger charge is 2.46. The van der Waals surface area contributed by atoms with E-state index in [0.29, 0.717) is 18.7 Å². The molecule has 0 spiro atoms. The van der Waals surface area contributed by atoms with Gasteiger partial charge in [0.05, 0.1) is 24.3 Å². The standard InChI is InChI=1S/C52H61N7O4S/c1-6-7-39-27-46(59-45(56-39)22-24-55-59)57-40-20-21-41(26-40)58-50(62)38-18-16-36(17-19-38)35-12-8-33(9-13-35)30-53-49(52(3,4)5)47(61)43-28-42(60)29-44(43)51(63)54-31-34-10-14-37(15-11-34)48-32(2)23-25-64-48/h8-19,22-25,27,40-44,49,53,57,60H,6-7,20-21,26,28-31H2,1-5H3,(H,54,63)(H,58,62)/t40-,41-,42+,43?,44-,49-/m1/s1. The van der Waals surface area contributed by atoms with Crippen molar-refractivity contribution in [2.45, 2.75) is 117 Å². The number of rotatable bonds is 16. The van der Waals surface area contributed by atoms with Gasteiger partial charge in [0.2, 0.25) is 5.91 Å². The normalized spacial score (nSPS) is 20.3. The number of Topliss-reactive ketones (excluding diaryl/α,β-unsaturated/α-hetero) is 1. The molecular weight excluding hydrogens is 819 g/mol. The monoisotopic (exact) mass is 879 g/mol. The van der Waals surface area contributed by atoms with Crippen LogP contribution in [0, 0.1) is 24.2 Å². The highest BCUT2D eigenvalue weighted by Crippen LogP contribution is 2.37. The maximum atomic E-state index is 14.3. The number of aromatic nitrogens is 3.